The van der Waals surface area contributed by atoms with Crippen LogP contribution in [0.2, 0.25) is 0 Å². The Labute approximate surface area is 176 Å². The van der Waals surface area contributed by atoms with Crippen molar-refractivity contribution in [1.82, 2.24) is 9.21 Å². The summed E-state index contributed by atoms with van der Waals surface area (Å²) in [6.07, 6.45) is -3.79. The van der Waals surface area contributed by atoms with Crippen molar-refractivity contribution in [2.45, 2.75) is 30.0 Å². The highest BCUT2D eigenvalue weighted by Gasteiger charge is 2.35. The lowest BCUT2D eigenvalue weighted by Crippen LogP contribution is -2.45. The van der Waals surface area contributed by atoms with Crippen LogP contribution in [0, 0.1) is 5.92 Å². The second-order valence-corrected chi connectivity index (χ2v) is 10.1. The Morgan fingerprint density at radius 1 is 1.27 bits per heavy atom. The van der Waals surface area contributed by atoms with Gasteiger partial charge in [0.1, 0.15) is 9.96 Å². The lowest BCUT2D eigenvalue weighted by Gasteiger charge is -2.33. The normalized spacial score (nSPS) is 18.2. The van der Waals surface area contributed by atoms with Gasteiger partial charge in [-0.05, 0) is 30.4 Å². The number of carbonyl (C=O) groups is 1. The molecule has 1 aromatic carbocycles. The third-order valence-electron chi connectivity index (χ3n) is 4.80. The molecule has 0 radical (unpaired) electrons. The van der Waals surface area contributed by atoms with Gasteiger partial charge in [-0.25, -0.2) is 8.42 Å². The number of hydrogen-bond acceptors (Lipinski definition) is 5. The van der Waals surface area contributed by atoms with Crippen LogP contribution >= 0.6 is 11.3 Å². The van der Waals surface area contributed by atoms with Gasteiger partial charge in [-0.3, -0.25) is 4.79 Å². The van der Waals surface area contributed by atoms with E-state index >= 15 is 0 Å². The maximum absolute atomic E-state index is 12.9. The van der Waals surface area contributed by atoms with Crippen molar-refractivity contribution in [3.8, 4) is 5.75 Å². The first-order valence-electron chi connectivity index (χ1n) is 9.20. The van der Waals surface area contributed by atoms with Crippen LogP contribution in [0.15, 0.2) is 46.0 Å². The summed E-state index contributed by atoms with van der Waals surface area (Å²) in [6.45, 7) is 0.291. The zero-order valence-corrected chi connectivity index (χ0v) is 17.8. The first kappa shape index (κ1) is 22.6. The number of nitrogens with zero attached hydrogens (tertiary/aromatic N) is 2. The quantitative estimate of drug-likeness (QED) is 0.657. The van der Waals surface area contributed by atoms with Gasteiger partial charge in [-0.1, -0.05) is 24.3 Å². The van der Waals surface area contributed by atoms with Crippen molar-refractivity contribution >= 4 is 27.3 Å². The van der Waals surface area contributed by atoms with Crippen molar-refractivity contribution < 1.29 is 31.1 Å². The smallest absolute Gasteiger partial charge is 0.405 e. The molecule has 1 fully saturated rings. The van der Waals surface area contributed by atoms with E-state index in [9.17, 15) is 26.4 Å². The number of halogens is 3. The van der Waals surface area contributed by atoms with E-state index in [1.165, 1.54) is 40.5 Å². The molecule has 1 amide bonds. The molecule has 30 heavy (non-hydrogen) atoms. The molecule has 2 heterocycles. The van der Waals surface area contributed by atoms with Crippen LogP contribution in [0.3, 0.4) is 0 Å². The summed E-state index contributed by atoms with van der Waals surface area (Å²) in [4.78, 5) is 14.2. The van der Waals surface area contributed by atoms with Crippen molar-refractivity contribution in [3.63, 3.8) is 0 Å². The summed E-state index contributed by atoms with van der Waals surface area (Å²) < 4.78 is 68.9. The monoisotopic (exact) mass is 462 g/mol. The highest BCUT2D eigenvalue weighted by molar-refractivity contribution is 7.91. The molecule has 1 aliphatic heterocycles. The van der Waals surface area contributed by atoms with E-state index in [0.29, 0.717) is 19.4 Å². The number of sulfonamides is 1. The van der Waals surface area contributed by atoms with E-state index in [2.05, 4.69) is 4.74 Å². The van der Waals surface area contributed by atoms with E-state index in [-0.39, 0.29) is 34.5 Å². The molecule has 164 valence electrons. The van der Waals surface area contributed by atoms with E-state index in [4.69, 9.17) is 0 Å². The fraction of sp³-hybridized carbons (Fsp3) is 0.421. The Balaban J connectivity index is 1.70. The number of ether oxygens (including phenoxy) is 1. The predicted molar refractivity (Wildman–Crippen MR) is 105 cm³/mol. The fourth-order valence-corrected chi connectivity index (χ4v) is 6.07. The summed E-state index contributed by atoms with van der Waals surface area (Å²) in [7, 11) is -2.18. The molecule has 0 saturated carbocycles. The van der Waals surface area contributed by atoms with E-state index < -0.39 is 22.3 Å². The van der Waals surface area contributed by atoms with E-state index in [1.807, 2.05) is 0 Å². The molecular weight excluding hydrogens is 441 g/mol. The highest BCUT2D eigenvalue weighted by atomic mass is 32.2. The number of alkyl halides is 3. The number of benzene rings is 1. The zero-order chi connectivity index (χ0) is 21.9. The summed E-state index contributed by atoms with van der Waals surface area (Å²) in [5.74, 6) is -1.24. The summed E-state index contributed by atoms with van der Waals surface area (Å²) in [5, 5.41) is 1.67. The Morgan fingerprint density at radius 2 is 2.00 bits per heavy atom. The van der Waals surface area contributed by atoms with Crippen LogP contribution in [0.5, 0.6) is 5.75 Å². The fourth-order valence-electron chi connectivity index (χ4n) is 3.40. The number of hydrogen-bond donors (Lipinski definition) is 0. The number of para-hydroxylation sites is 1. The van der Waals surface area contributed by atoms with Gasteiger partial charge < -0.3 is 9.64 Å². The van der Waals surface area contributed by atoms with Gasteiger partial charge in [0, 0.05) is 32.2 Å². The molecule has 1 atom stereocenters. The van der Waals surface area contributed by atoms with Gasteiger partial charge in [0.25, 0.3) is 10.0 Å². The molecule has 2 aromatic rings. The van der Waals surface area contributed by atoms with Crippen LogP contribution < -0.4 is 4.74 Å². The topological polar surface area (TPSA) is 66.9 Å². The van der Waals surface area contributed by atoms with Crippen molar-refractivity contribution in [1.29, 1.82) is 0 Å². The zero-order valence-electron chi connectivity index (χ0n) is 16.1. The lowest BCUT2D eigenvalue weighted by atomic mass is 9.98. The average Bonchev–Trinajstić information content (AvgIpc) is 3.23. The van der Waals surface area contributed by atoms with Gasteiger partial charge in [-0.15, -0.1) is 24.5 Å². The van der Waals surface area contributed by atoms with Gasteiger partial charge in [0.2, 0.25) is 5.91 Å². The second kappa shape index (κ2) is 8.94. The molecule has 3 rings (SSSR count). The highest BCUT2D eigenvalue weighted by Crippen LogP contribution is 2.29. The van der Waals surface area contributed by atoms with Crippen LogP contribution in [-0.4, -0.2) is 50.0 Å². The van der Waals surface area contributed by atoms with Crippen molar-refractivity contribution in [2.75, 3.05) is 20.1 Å². The van der Waals surface area contributed by atoms with Gasteiger partial charge in [0.15, 0.2) is 0 Å². The maximum Gasteiger partial charge on any atom is 0.573 e. The van der Waals surface area contributed by atoms with Crippen LogP contribution in [0.4, 0.5) is 13.2 Å². The SMILES string of the molecule is CN(Cc1ccccc1OC(F)(F)F)C(=O)C1CCCN(S(=O)(=O)c2cccs2)C1. The third kappa shape index (κ3) is 5.32. The third-order valence-corrected chi connectivity index (χ3v) is 8.04. The number of piperidine rings is 1. The standard InChI is InChI=1S/C19H21F3N2O4S2/c1-23(12-14-6-2-3-8-16(14)28-19(20,21)22)18(25)15-7-4-10-24(13-15)30(26,27)17-9-5-11-29-17/h2-3,5-6,8-9,11,15H,4,7,10,12-13H2,1H3. The Hall–Kier alpha value is -2.11. The average molecular weight is 463 g/mol. The Kier molecular flexibility index (Phi) is 6.73. The van der Waals surface area contributed by atoms with Crippen molar-refractivity contribution in [3.05, 3.63) is 47.3 Å². The molecule has 1 saturated heterocycles. The molecule has 1 unspecified atom stereocenters. The minimum absolute atomic E-state index is 0.0457. The summed E-state index contributed by atoms with van der Waals surface area (Å²) >= 11 is 1.12. The molecular formula is C19H21F3N2O4S2. The van der Waals surface area contributed by atoms with Crippen LogP contribution in [-0.2, 0) is 21.4 Å². The first-order valence-corrected chi connectivity index (χ1v) is 11.5. The summed E-state index contributed by atoms with van der Waals surface area (Å²) in [6, 6.07) is 8.80. The molecule has 0 N–H and O–H groups in total. The molecule has 6 nitrogen and oxygen atoms in total. The number of rotatable bonds is 6. The molecule has 1 aromatic heterocycles. The van der Waals surface area contributed by atoms with E-state index in [0.717, 1.165) is 11.3 Å². The lowest BCUT2D eigenvalue weighted by molar-refractivity contribution is -0.275. The van der Waals surface area contributed by atoms with Gasteiger partial charge in [-0.2, -0.15) is 4.31 Å². The predicted octanol–water partition coefficient (Wildman–Crippen LogP) is 3.71. The Bertz CT molecular complexity index is 978. The molecule has 11 heteroatoms. The minimum Gasteiger partial charge on any atom is -0.405 e. The van der Waals surface area contributed by atoms with E-state index in [1.54, 1.807) is 17.5 Å². The van der Waals surface area contributed by atoms with Crippen LogP contribution in [0.1, 0.15) is 18.4 Å². The number of carbonyl (C=O) groups excluding carboxylic acids is 1. The largest absolute Gasteiger partial charge is 0.573 e. The number of amides is 1. The summed E-state index contributed by atoms with van der Waals surface area (Å²) in [5.41, 5.74) is 0.213. The molecule has 1 aliphatic rings. The minimum atomic E-state index is -4.83. The van der Waals surface area contributed by atoms with Crippen LogP contribution in [0.25, 0.3) is 0 Å². The van der Waals surface area contributed by atoms with Gasteiger partial charge in [0.05, 0.1) is 5.92 Å². The number of thiophene rings is 1. The molecule has 0 bridgehead atoms. The second-order valence-electron chi connectivity index (χ2n) is 6.98. The van der Waals surface area contributed by atoms with Crippen molar-refractivity contribution in [2.24, 2.45) is 5.92 Å². The molecule has 0 spiro atoms. The van der Waals surface area contributed by atoms with Gasteiger partial charge >= 0.3 is 6.36 Å². The first-order chi connectivity index (χ1) is 14.1. The maximum atomic E-state index is 12.9. The molecule has 0 aliphatic carbocycles. The Morgan fingerprint density at radius 3 is 2.67 bits per heavy atom.